The van der Waals surface area contributed by atoms with Gasteiger partial charge >= 0.3 is 5.97 Å². The fourth-order valence-corrected chi connectivity index (χ4v) is 2.08. The number of carbonyl (C=O) groups is 2. The van der Waals surface area contributed by atoms with E-state index in [1.165, 1.54) is 0 Å². The van der Waals surface area contributed by atoms with Gasteiger partial charge in [0.05, 0.1) is 6.61 Å². The van der Waals surface area contributed by atoms with Crippen LogP contribution in [0.25, 0.3) is 0 Å². The van der Waals surface area contributed by atoms with Gasteiger partial charge in [-0.1, -0.05) is 26.8 Å². The van der Waals surface area contributed by atoms with Crippen LogP contribution in [0.5, 0.6) is 0 Å². The Bertz CT molecular complexity index is 325. The Kier molecular flexibility index (Phi) is 5.38. The Morgan fingerprint density at radius 1 is 1.61 bits per heavy atom. The van der Waals surface area contributed by atoms with Crippen LogP contribution in [0.2, 0.25) is 0 Å². The maximum atomic E-state index is 12.0. The van der Waals surface area contributed by atoms with E-state index in [4.69, 9.17) is 4.74 Å². The van der Waals surface area contributed by atoms with Gasteiger partial charge in [0.15, 0.2) is 0 Å². The fourth-order valence-electron chi connectivity index (χ4n) is 2.08. The lowest BCUT2D eigenvalue weighted by Gasteiger charge is -2.25. The maximum Gasteiger partial charge on any atom is 0.328 e. The number of esters is 1. The molecule has 2 atom stereocenters. The Balaban J connectivity index is 2.62. The number of amides is 1. The molecule has 0 spiro atoms. The van der Waals surface area contributed by atoms with E-state index in [1.54, 1.807) is 11.0 Å². The Hall–Kier alpha value is -1.32. The molecule has 4 heteroatoms. The van der Waals surface area contributed by atoms with Gasteiger partial charge < -0.3 is 9.64 Å². The summed E-state index contributed by atoms with van der Waals surface area (Å²) in [4.78, 5) is 25.5. The molecule has 0 N–H and O–H groups in total. The lowest BCUT2D eigenvalue weighted by molar-refractivity contribution is -0.154. The number of ether oxygens (including phenoxy) is 1. The summed E-state index contributed by atoms with van der Waals surface area (Å²) in [5, 5.41) is 0. The molecule has 0 aromatic rings. The highest BCUT2D eigenvalue weighted by Gasteiger charge is 2.36. The van der Waals surface area contributed by atoms with Gasteiger partial charge in [-0.25, -0.2) is 4.79 Å². The zero-order valence-electron chi connectivity index (χ0n) is 11.5. The van der Waals surface area contributed by atoms with Crippen molar-refractivity contribution >= 4 is 11.9 Å². The van der Waals surface area contributed by atoms with Gasteiger partial charge in [-0.2, -0.15) is 0 Å². The largest absolute Gasteiger partial charge is 0.464 e. The third-order valence-corrected chi connectivity index (χ3v) is 3.12. The predicted molar refractivity (Wildman–Crippen MR) is 69.9 cm³/mol. The van der Waals surface area contributed by atoms with E-state index in [9.17, 15) is 9.59 Å². The molecule has 1 rings (SSSR count). The number of hydrogen-bond acceptors (Lipinski definition) is 3. The summed E-state index contributed by atoms with van der Waals surface area (Å²) in [6, 6.07) is -0.443. The summed E-state index contributed by atoms with van der Waals surface area (Å²) >= 11 is 0. The van der Waals surface area contributed by atoms with Crippen molar-refractivity contribution in [2.45, 2.75) is 39.7 Å². The minimum Gasteiger partial charge on any atom is -0.464 e. The van der Waals surface area contributed by atoms with Crippen LogP contribution in [0.3, 0.4) is 0 Å². The first kappa shape index (κ1) is 14.7. The van der Waals surface area contributed by atoms with E-state index in [0.717, 1.165) is 0 Å². The molecule has 1 heterocycles. The van der Waals surface area contributed by atoms with Gasteiger partial charge in [-0.05, 0) is 12.3 Å². The van der Waals surface area contributed by atoms with Crippen LogP contribution in [0, 0.1) is 11.8 Å². The molecule has 0 bridgehead atoms. The first-order valence-electron chi connectivity index (χ1n) is 6.58. The molecule has 0 aliphatic carbocycles. The van der Waals surface area contributed by atoms with Crippen molar-refractivity contribution in [1.82, 2.24) is 4.90 Å². The predicted octanol–water partition coefficient (Wildman–Crippen LogP) is 2.00. The number of nitrogens with zero attached hydrogens (tertiary/aromatic N) is 1. The Morgan fingerprint density at radius 2 is 2.28 bits per heavy atom. The third-order valence-electron chi connectivity index (χ3n) is 3.12. The summed E-state index contributed by atoms with van der Waals surface area (Å²) in [5.41, 5.74) is 0. The molecule has 4 nitrogen and oxygen atoms in total. The van der Waals surface area contributed by atoms with Crippen molar-refractivity contribution in [3.8, 4) is 0 Å². The number of likely N-dealkylation sites (tertiary alicyclic amines) is 1. The molecule has 1 aliphatic rings. The fraction of sp³-hybridized carbons (Fsp3) is 0.714. The summed E-state index contributed by atoms with van der Waals surface area (Å²) in [5.74, 6) is 0.198. The summed E-state index contributed by atoms with van der Waals surface area (Å²) in [6.45, 7) is 10.6. The molecule has 0 aromatic carbocycles. The van der Waals surface area contributed by atoms with Gasteiger partial charge in [-0.15, -0.1) is 6.58 Å². The molecule has 0 radical (unpaired) electrons. The van der Waals surface area contributed by atoms with E-state index in [2.05, 4.69) is 6.58 Å². The zero-order valence-corrected chi connectivity index (χ0v) is 11.5. The molecular formula is C14H23NO3. The molecule has 1 amide bonds. The molecular weight excluding hydrogens is 230 g/mol. The third kappa shape index (κ3) is 3.59. The quantitative estimate of drug-likeness (QED) is 0.537. The van der Waals surface area contributed by atoms with Crippen LogP contribution in [0.1, 0.15) is 33.6 Å². The van der Waals surface area contributed by atoms with Crippen molar-refractivity contribution in [2.24, 2.45) is 11.8 Å². The highest BCUT2D eigenvalue weighted by atomic mass is 16.5. The van der Waals surface area contributed by atoms with Gasteiger partial charge in [0.25, 0.3) is 0 Å². The highest BCUT2D eigenvalue weighted by Crippen LogP contribution is 2.22. The number of rotatable bonds is 6. The van der Waals surface area contributed by atoms with E-state index in [-0.39, 0.29) is 17.8 Å². The molecule has 0 unspecified atom stereocenters. The maximum absolute atomic E-state index is 12.0. The topological polar surface area (TPSA) is 46.6 Å². The van der Waals surface area contributed by atoms with Crippen LogP contribution in [-0.2, 0) is 14.3 Å². The van der Waals surface area contributed by atoms with E-state index in [1.807, 2.05) is 20.8 Å². The Labute approximate surface area is 109 Å². The summed E-state index contributed by atoms with van der Waals surface area (Å²) < 4.78 is 5.23. The second-order valence-electron chi connectivity index (χ2n) is 5.19. The summed E-state index contributed by atoms with van der Waals surface area (Å²) in [6.07, 6.45) is 2.83. The van der Waals surface area contributed by atoms with Crippen molar-refractivity contribution in [3.63, 3.8) is 0 Å². The van der Waals surface area contributed by atoms with Crippen LogP contribution in [0.4, 0.5) is 0 Å². The summed E-state index contributed by atoms with van der Waals surface area (Å²) in [7, 11) is 0. The second kappa shape index (κ2) is 6.57. The molecule has 1 saturated heterocycles. The van der Waals surface area contributed by atoms with E-state index < -0.39 is 6.04 Å². The van der Waals surface area contributed by atoms with Gasteiger partial charge in [0.1, 0.15) is 6.04 Å². The number of carbonyl (C=O) groups excluding carboxylic acids is 2. The van der Waals surface area contributed by atoms with Crippen LogP contribution in [0.15, 0.2) is 12.7 Å². The highest BCUT2D eigenvalue weighted by molar-refractivity contribution is 5.86. The van der Waals surface area contributed by atoms with E-state index >= 15 is 0 Å². The SMILES string of the molecule is C=C[C@@H]1CC(=O)N([C@@H](CC)C(=O)OCC(C)C)C1. The average molecular weight is 253 g/mol. The molecule has 102 valence electrons. The molecule has 0 aromatic heterocycles. The van der Waals surface area contributed by atoms with Crippen molar-refractivity contribution in [1.29, 1.82) is 0 Å². The lowest BCUT2D eigenvalue weighted by atomic mass is 10.1. The molecule has 18 heavy (non-hydrogen) atoms. The normalized spacial score (nSPS) is 21.2. The monoisotopic (exact) mass is 253 g/mol. The van der Waals surface area contributed by atoms with Gasteiger partial charge in [0.2, 0.25) is 5.91 Å². The minimum absolute atomic E-state index is 0.0215. The van der Waals surface area contributed by atoms with Crippen molar-refractivity contribution < 1.29 is 14.3 Å². The molecule has 0 saturated carbocycles. The second-order valence-corrected chi connectivity index (χ2v) is 5.19. The zero-order chi connectivity index (χ0) is 13.7. The first-order chi connectivity index (χ1) is 8.49. The first-order valence-corrected chi connectivity index (χ1v) is 6.58. The van der Waals surface area contributed by atoms with Crippen LogP contribution >= 0.6 is 0 Å². The van der Waals surface area contributed by atoms with Crippen molar-refractivity contribution in [2.75, 3.05) is 13.2 Å². The van der Waals surface area contributed by atoms with Crippen LogP contribution in [-0.4, -0.2) is 36.0 Å². The molecule has 1 aliphatic heterocycles. The average Bonchev–Trinajstić information content (AvgIpc) is 2.69. The van der Waals surface area contributed by atoms with Crippen LogP contribution < -0.4 is 0 Å². The Morgan fingerprint density at radius 3 is 2.72 bits per heavy atom. The lowest BCUT2D eigenvalue weighted by Crippen LogP contribution is -2.43. The van der Waals surface area contributed by atoms with Crippen molar-refractivity contribution in [3.05, 3.63) is 12.7 Å². The van der Waals surface area contributed by atoms with Gasteiger partial charge in [-0.3, -0.25) is 4.79 Å². The number of hydrogen-bond donors (Lipinski definition) is 0. The van der Waals surface area contributed by atoms with Gasteiger partial charge in [0, 0.05) is 18.9 Å². The molecule has 1 fully saturated rings. The van der Waals surface area contributed by atoms with E-state index in [0.29, 0.717) is 31.9 Å². The minimum atomic E-state index is -0.443. The smallest absolute Gasteiger partial charge is 0.328 e. The standard InChI is InChI=1S/C14H23NO3/c1-5-11-7-13(16)15(8-11)12(6-2)14(17)18-9-10(3)4/h5,10-12H,1,6-9H2,2-4H3/t11-,12+/m1/s1.